The van der Waals surface area contributed by atoms with Crippen LogP contribution in [0.15, 0.2) is 85.2 Å². The number of urea groups is 1. The molecule has 0 saturated heterocycles. The number of pyridine rings is 2. The van der Waals surface area contributed by atoms with Crippen LogP contribution in [0.5, 0.6) is 17.4 Å². The third-order valence-electron chi connectivity index (χ3n) is 5.99. The number of rotatable bonds is 7. The largest absolute Gasteiger partial charge is 0.573 e. The number of alkyl halides is 3. The lowest BCUT2D eigenvalue weighted by Crippen LogP contribution is -2.30. The molecule has 2 aromatic carbocycles. The molecule has 0 fully saturated rings. The lowest BCUT2D eigenvalue weighted by atomic mass is 9.98. The van der Waals surface area contributed by atoms with Gasteiger partial charge >= 0.3 is 12.4 Å². The van der Waals surface area contributed by atoms with Gasteiger partial charge in [0.15, 0.2) is 0 Å². The van der Waals surface area contributed by atoms with E-state index >= 15 is 0 Å². The van der Waals surface area contributed by atoms with E-state index in [0.29, 0.717) is 11.4 Å². The van der Waals surface area contributed by atoms with Crippen LogP contribution in [0.3, 0.4) is 0 Å². The Morgan fingerprint density at radius 3 is 2.51 bits per heavy atom. The molecular formula is C28H24F3N5O3. The second-order valence-corrected chi connectivity index (χ2v) is 8.79. The molecule has 2 amide bonds. The third kappa shape index (κ3) is 7.02. The van der Waals surface area contributed by atoms with Gasteiger partial charge < -0.3 is 20.1 Å². The molecule has 1 aliphatic heterocycles. The summed E-state index contributed by atoms with van der Waals surface area (Å²) < 4.78 is 47.1. The third-order valence-corrected chi connectivity index (χ3v) is 5.99. The molecule has 200 valence electrons. The summed E-state index contributed by atoms with van der Waals surface area (Å²) in [7, 11) is 0. The molecule has 5 rings (SSSR count). The summed E-state index contributed by atoms with van der Waals surface area (Å²) >= 11 is 0. The first-order chi connectivity index (χ1) is 18.8. The molecule has 0 aliphatic carbocycles. The van der Waals surface area contributed by atoms with E-state index in [0.717, 1.165) is 55.0 Å². The van der Waals surface area contributed by atoms with Gasteiger partial charge in [0.2, 0.25) is 5.88 Å². The van der Waals surface area contributed by atoms with Crippen LogP contribution in [0.2, 0.25) is 0 Å². The lowest BCUT2D eigenvalue weighted by Gasteiger charge is -2.29. The van der Waals surface area contributed by atoms with Crippen LogP contribution in [-0.2, 0) is 19.5 Å². The summed E-state index contributed by atoms with van der Waals surface area (Å²) in [5, 5.41) is 5.25. The maximum atomic E-state index is 12.6. The molecule has 1 aliphatic rings. The number of carbonyl (C=O) groups excluding carboxylic acids is 1. The van der Waals surface area contributed by atoms with Gasteiger partial charge in [-0.1, -0.05) is 18.2 Å². The fraction of sp³-hybridized carbons (Fsp3) is 0.179. The number of amides is 2. The quantitative estimate of drug-likeness (QED) is 0.286. The Kier molecular flexibility index (Phi) is 7.60. The van der Waals surface area contributed by atoms with Crippen LogP contribution in [-0.4, -0.2) is 33.8 Å². The van der Waals surface area contributed by atoms with Crippen molar-refractivity contribution < 1.29 is 27.4 Å². The number of hydrogen-bond donors (Lipinski definition) is 2. The number of fused-ring (bicyclic) bond motifs is 1. The highest BCUT2D eigenvalue weighted by Crippen LogP contribution is 2.34. The molecule has 0 spiro atoms. The molecule has 2 N–H and O–H groups in total. The molecule has 3 heterocycles. The summed E-state index contributed by atoms with van der Waals surface area (Å²) in [6.07, 6.45) is -0.661. The molecule has 8 nitrogen and oxygen atoms in total. The van der Waals surface area contributed by atoms with E-state index < -0.39 is 12.4 Å². The lowest BCUT2D eigenvalue weighted by molar-refractivity contribution is -0.274. The minimum atomic E-state index is -4.79. The highest BCUT2D eigenvalue weighted by molar-refractivity contribution is 6.00. The summed E-state index contributed by atoms with van der Waals surface area (Å²) in [5.41, 5.74) is 3.85. The van der Waals surface area contributed by atoms with Crippen molar-refractivity contribution >= 4 is 17.4 Å². The highest BCUT2D eigenvalue weighted by atomic mass is 19.4. The maximum absolute atomic E-state index is 12.6. The first-order valence-electron chi connectivity index (χ1n) is 12.1. The van der Waals surface area contributed by atoms with E-state index in [2.05, 4.69) is 36.3 Å². The summed E-state index contributed by atoms with van der Waals surface area (Å²) in [6.45, 7) is 2.35. The van der Waals surface area contributed by atoms with E-state index in [1.54, 1.807) is 24.5 Å². The van der Waals surface area contributed by atoms with Crippen LogP contribution in [0.4, 0.5) is 29.3 Å². The van der Waals surface area contributed by atoms with E-state index in [4.69, 9.17) is 4.74 Å². The number of nitrogens with zero attached hydrogens (tertiary/aromatic N) is 3. The van der Waals surface area contributed by atoms with Gasteiger partial charge in [-0.3, -0.25) is 9.88 Å². The molecule has 39 heavy (non-hydrogen) atoms. The summed E-state index contributed by atoms with van der Waals surface area (Å²) in [6, 6.07) is 19.3. The molecule has 4 aromatic rings. The Morgan fingerprint density at radius 2 is 1.74 bits per heavy atom. The molecule has 0 unspecified atom stereocenters. The van der Waals surface area contributed by atoms with Crippen molar-refractivity contribution in [3.05, 3.63) is 102 Å². The first-order valence-corrected chi connectivity index (χ1v) is 12.1. The van der Waals surface area contributed by atoms with Crippen LogP contribution in [0.25, 0.3) is 0 Å². The van der Waals surface area contributed by atoms with Crippen molar-refractivity contribution in [3.8, 4) is 17.4 Å². The number of carbonyl (C=O) groups is 1. The van der Waals surface area contributed by atoms with Crippen molar-refractivity contribution in [2.75, 3.05) is 17.2 Å². The standard InChI is InChI=1S/C28H24F3N5O3/c29-28(30,31)39-22-11-9-20(10-12-22)34-27(37)35-24-7-4-15-33-26(24)38-25-8-3-5-19-17-36(16-13-23(19)25)18-21-6-1-2-14-32-21/h1-12,14-15H,13,16-18H2,(H2,34,35,37). The number of nitrogens with one attached hydrogen (secondary N) is 2. The fourth-order valence-electron chi connectivity index (χ4n) is 4.28. The molecule has 0 atom stereocenters. The molecule has 11 heteroatoms. The van der Waals surface area contributed by atoms with Gasteiger partial charge in [0.25, 0.3) is 0 Å². The van der Waals surface area contributed by atoms with Crippen LogP contribution < -0.4 is 20.1 Å². The van der Waals surface area contributed by atoms with E-state index in [9.17, 15) is 18.0 Å². The average Bonchev–Trinajstić information content (AvgIpc) is 2.91. The van der Waals surface area contributed by atoms with Gasteiger partial charge in [0, 0.05) is 43.3 Å². The van der Waals surface area contributed by atoms with Gasteiger partial charge in [-0.25, -0.2) is 9.78 Å². The Morgan fingerprint density at radius 1 is 0.923 bits per heavy atom. The minimum Gasteiger partial charge on any atom is -0.437 e. The van der Waals surface area contributed by atoms with E-state index in [1.165, 1.54) is 12.1 Å². The SMILES string of the molecule is O=C(Nc1ccc(OC(F)(F)F)cc1)Nc1cccnc1Oc1cccc2c1CCN(Cc1ccccn1)C2. The average molecular weight is 536 g/mol. The Bertz CT molecular complexity index is 1430. The maximum Gasteiger partial charge on any atom is 0.573 e. The number of halogens is 3. The van der Waals surface area contributed by atoms with Crippen molar-refractivity contribution in [1.82, 2.24) is 14.9 Å². The topological polar surface area (TPSA) is 88.6 Å². The number of hydrogen-bond acceptors (Lipinski definition) is 6. The first kappa shape index (κ1) is 26.0. The second kappa shape index (κ2) is 11.4. The second-order valence-electron chi connectivity index (χ2n) is 8.79. The Hall–Kier alpha value is -4.64. The van der Waals surface area contributed by atoms with Crippen molar-refractivity contribution in [1.29, 1.82) is 0 Å². The van der Waals surface area contributed by atoms with Gasteiger partial charge in [0.1, 0.15) is 17.2 Å². The number of ether oxygens (including phenoxy) is 2. The van der Waals surface area contributed by atoms with Crippen molar-refractivity contribution in [2.24, 2.45) is 0 Å². The summed E-state index contributed by atoms with van der Waals surface area (Å²) in [5.74, 6) is 0.487. The highest BCUT2D eigenvalue weighted by Gasteiger charge is 2.31. The van der Waals surface area contributed by atoms with Gasteiger partial charge in [-0.05, 0) is 66.6 Å². The predicted octanol–water partition coefficient (Wildman–Crippen LogP) is 6.37. The molecule has 0 radical (unpaired) electrons. The Balaban J connectivity index is 1.24. The number of aromatic nitrogens is 2. The molecule has 0 bridgehead atoms. The zero-order valence-electron chi connectivity index (χ0n) is 20.6. The zero-order valence-corrected chi connectivity index (χ0v) is 20.6. The van der Waals surface area contributed by atoms with Crippen LogP contribution in [0, 0.1) is 0 Å². The predicted molar refractivity (Wildman–Crippen MR) is 139 cm³/mol. The Labute approximate surface area is 222 Å². The van der Waals surface area contributed by atoms with Crippen molar-refractivity contribution in [3.63, 3.8) is 0 Å². The van der Waals surface area contributed by atoms with E-state index in [-0.39, 0.29) is 17.3 Å². The van der Waals surface area contributed by atoms with Crippen LogP contribution in [0.1, 0.15) is 16.8 Å². The smallest absolute Gasteiger partial charge is 0.437 e. The zero-order chi connectivity index (χ0) is 27.2. The molecular weight excluding hydrogens is 511 g/mol. The molecule has 0 saturated carbocycles. The van der Waals surface area contributed by atoms with Gasteiger partial charge in [-0.2, -0.15) is 0 Å². The van der Waals surface area contributed by atoms with E-state index in [1.807, 2.05) is 30.3 Å². The number of anilines is 2. The van der Waals surface area contributed by atoms with Gasteiger partial charge in [-0.15, -0.1) is 13.2 Å². The van der Waals surface area contributed by atoms with Crippen LogP contribution >= 0.6 is 0 Å². The van der Waals surface area contributed by atoms with Crippen molar-refractivity contribution in [2.45, 2.75) is 25.9 Å². The molecule has 2 aromatic heterocycles. The summed E-state index contributed by atoms with van der Waals surface area (Å²) in [4.78, 5) is 23.6. The normalized spacial score (nSPS) is 13.3. The fourth-order valence-corrected chi connectivity index (χ4v) is 4.28. The minimum absolute atomic E-state index is 0.214. The monoisotopic (exact) mass is 535 g/mol. The van der Waals surface area contributed by atoms with Gasteiger partial charge in [0.05, 0.1) is 5.69 Å². The number of benzene rings is 2.